The number of hydrogen-bond acceptors (Lipinski definition) is 2. The van der Waals surface area contributed by atoms with E-state index in [9.17, 15) is 5.11 Å². The van der Waals surface area contributed by atoms with Crippen molar-refractivity contribution in [2.24, 2.45) is 5.92 Å². The third-order valence-corrected chi connectivity index (χ3v) is 4.76. The number of benzene rings is 1. The molecule has 1 aromatic carbocycles. The average molecular weight is 273 g/mol. The molecule has 1 fully saturated rings. The van der Waals surface area contributed by atoms with E-state index < -0.39 is 5.60 Å². The van der Waals surface area contributed by atoms with Crippen LogP contribution in [0.5, 0.6) is 0 Å². The smallest absolute Gasteiger partial charge is 0.102 e. The average Bonchev–Trinajstić information content (AvgIpc) is 2.49. The Morgan fingerprint density at radius 2 is 2.07 bits per heavy atom. The Kier molecular flexibility index (Phi) is 2.91. The van der Waals surface area contributed by atoms with E-state index in [2.05, 4.69) is 22.9 Å². The molecular formula is C11H13BrOS. The minimum absolute atomic E-state index is 0.341. The first kappa shape index (κ1) is 10.5. The number of aliphatic hydroxyl groups is 1. The van der Waals surface area contributed by atoms with Crippen LogP contribution in [0.1, 0.15) is 12.5 Å². The summed E-state index contributed by atoms with van der Waals surface area (Å²) in [5.41, 5.74) is 0.420. The highest BCUT2D eigenvalue weighted by Gasteiger charge is 2.40. The van der Waals surface area contributed by atoms with Gasteiger partial charge in [-0.15, -0.1) is 0 Å². The Morgan fingerprint density at radius 1 is 1.43 bits per heavy atom. The van der Waals surface area contributed by atoms with Gasteiger partial charge in [0.15, 0.2) is 0 Å². The lowest BCUT2D eigenvalue weighted by molar-refractivity contribution is 0.0234. The van der Waals surface area contributed by atoms with E-state index in [-0.39, 0.29) is 0 Å². The van der Waals surface area contributed by atoms with Gasteiger partial charge in [0.05, 0.1) is 0 Å². The maximum Gasteiger partial charge on any atom is 0.102 e. The largest absolute Gasteiger partial charge is 0.384 e. The molecule has 76 valence electrons. The first-order valence-corrected chi connectivity index (χ1v) is 6.64. The Bertz CT molecular complexity index is 325. The number of rotatable bonds is 1. The summed E-state index contributed by atoms with van der Waals surface area (Å²) in [6.07, 6.45) is 0. The lowest BCUT2D eigenvalue weighted by Gasteiger charge is -2.27. The molecular weight excluding hydrogens is 260 g/mol. The molecule has 1 aliphatic rings. The van der Waals surface area contributed by atoms with Crippen molar-refractivity contribution >= 4 is 27.7 Å². The molecule has 1 nitrogen and oxygen atoms in total. The Balaban J connectivity index is 2.34. The molecule has 0 bridgehead atoms. The van der Waals surface area contributed by atoms with Gasteiger partial charge in [-0.25, -0.2) is 0 Å². The maximum absolute atomic E-state index is 10.5. The molecule has 1 heterocycles. The molecule has 0 aliphatic carbocycles. The molecule has 0 aromatic heterocycles. The van der Waals surface area contributed by atoms with Gasteiger partial charge in [-0.3, -0.25) is 0 Å². The van der Waals surface area contributed by atoms with Crippen molar-refractivity contribution in [3.05, 3.63) is 34.3 Å². The second-order valence-electron chi connectivity index (χ2n) is 3.85. The van der Waals surface area contributed by atoms with Crippen molar-refractivity contribution in [2.45, 2.75) is 12.5 Å². The Hall–Kier alpha value is 0.01000. The molecule has 0 amide bonds. The molecule has 0 saturated carbocycles. The van der Waals surface area contributed by atoms with E-state index in [0.29, 0.717) is 5.92 Å². The summed E-state index contributed by atoms with van der Waals surface area (Å²) in [4.78, 5) is 0. The minimum Gasteiger partial charge on any atom is -0.384 e. The van der Waals surface area contributed by atoms with Crippen LogP contribution in [0.25, 0.3) is 0 Å². The summed E-state index contributed by atoms with van der Waals surface area (Å²) in [5, 5.41) is 10.5. The lowest BCUT2D eigenvalue weighted by Crippen LogP contribution is -2.32. The monoisotopic (exact) mass is 272 g/mol. The van der Waals surface area contributed by atoms with Gasteiger partial charge in [-0.05, 0) is 29.4 Å². The van der Waals surface area contributed by atoms with Crippen LogP contribution in [0.2, 0.25) is 0 Å². The molecule has 1 aliphatic heterocycles. The molecule has 2 atom stereocenters. The number of hydrogen-bond donors (Lipinski definition) is 1. The van der Waals surface area contributed by atoms with Crippen LogP contribution in [-0.4, -0.2) is 16.6 Å². The van der Waals surface area contributed by atoms with Crippen molar-refractivity contribution in [1.82, 2.24) is 0 Å². The zero-order valence-electron chi connectivity index (χ0n) is 8.03. The first-order valence-electron chi connectivity index (χ1n) is 4.69. The van der Waals surface area contributed by atoms with Gasteiger partial charge in [-0.1, -0.05) is 35.0 Å². The van der Waals surface area contributed by atoms with Crippen LogP contribution in [0, 0.1) is 5.92 Å². The van der Waals surface area contributed by atoms with Gasteiger partial charge in [0.1, 0.15) is 5.60 Å². The lowest BCUT2D eigenvalue weighted by atomic mass is 9.85. The zero-order valence-corrected chi connectivity index (χ0v) is 10.4. The highest BCUT2D eigenvalue weighted by molar-refractivity contribution is 9.10. The summed E-state index contributed by atoms with van der Waals surface area (Å²) in [6, 6.07) is 7.99. The predicted molar refractivity (Wildman–Crippen MR) is 64.5 cm³/mol. The summed E-state index contributed by atoms with van der Waals surface area (Å²) < 4.78 is 1.06. The van der Waals surface area contributed by atoms with Crippen LogP contribution < -0.4 is 0 Å². The normalized spacial score (nSPS) is 32.1. The van der Waals surface area contributed by atoms with E-state index in [4.69, 9.17) is 0 Å². The quantitative estimate of drug-likeness (QED) is 0.848. The molecule has 0 unspecified atom stereocenters. The van der Waals surface area contributed by atoms with Crippen LogP contribution in [0.4, 0.5) is 0 Å². The predicted octanol–water partition coefficient (Wildman–Crippen LogP) is 3.02. The summed E-state index contributed by atoms with van der Waals surface area (Å²) >= 11 is 5.23. The van der Waals surface area contributed by atoms with Gasteiger partial charge in [-0.2, -0.15) is 11.8 Å². The van der Waals surface area contributed by atoms with Gasteiger partial charge in [0.2, 0.25) is 0 Å². The third-order valence-electron chi connectivity index (χ3n) is 2.85. The van der Waals surface area contributed by atoms with Gasteiger partial charge >= 0.3 is 0 Å². The fraction of sp³-hybridized carbons (Fsp3) is 0.455. The van der Waals surface area contributed by atoms with Crippen molar-refractivity contribution in [3.8, 4) is 0 Å². The van der Waals surface area contributed by atoms with Gasteiger partial charge in [0.25, 0.3) is 0 Å². The highest BCUT2D eigenvalue weighted by Crippen LogP contribution is 2.41. The summed E-state index contributed by atoms with van der Waals surface area (Å²) in [6.45, 7) is 2.11. The van der Waals surface area contributed by atoms with Crippen LogP contribution in [-0.2, 0) is 5.60 Å². The highest BCUT2D eigenvalue weighted by atomic mass is 79.9. The molecule has 1 aromatic rings. The Morgan fingerprint density at radius 3 is 2.57 bits per heavy atom. The summed E-state index contributed by atoms with van der Waals surface area (Å²) in [7, 11) is 0. The van der Waals surface area contributed by atoms with Gasteiger partial charge < -0.3 is 5.11 Å². The topological polar surface area (TPSA) is 20.2 Å². The van der Waals surface area contributed by atoms with Crippen molar-refractivity contribution < 1.29 is 5.11 Å². The van der Waals surface area contributed by atoms with E-state index in [1.165, 1.54) is 0 Å². The van der Waals surface area contributed by atoms with E-state index in [0.717, 1.165) is 21.5 Å². The molecule has 0 spiro atoms. The second-order valence-corrected chi connectivity index (χ2v) is 5.79. The SMILES string of the molecule is C[C@H]1CSC[C@]1(O)c1ccc(Br)cc1. The molecule has 0 radical (unpaired) electrons. The molecule has 14 heavy (non-hydrogen) atoms. The summed E-state index contributed by atoms with van der Waals surface area (Å²) in [5.74, 6) is 2.20. The van der Waals surface area contributed by atoms with Gasteiger partial charge in [0, 0.05) is 10.2 Å². The maximum atomic E-state index is 10.5. The zero-order chi connectivity index (χ0) is 10.2. The van der Waals surface area contributed by atoms with Crippen LogP contribution >= 0.6 is 27.7 Å². The minimum atomic E-state index is -0.620. The second kappa shape index (κ2) is 3.87. The molecule has 2 rings (SSSR count). The number of thioether (sulfide) groups is 1. The number of halogens is 1. The fourth-order valence-electron chi connectivity index (χ4n) is 1.78. The van der Waals surface area contributed by atoms with Crippen LogP contribution in [0.3, 0.4) is 0 Å². The third kappa shape index (κ3) is 1.73. The first-order chi connectivity index (χ1) is 6.63. The Labute approximate surface area is 97.0 Å². The van der Waals surface area contributed by atoms with Crippen molar-refractivity contribution in [1.29, 1.82) is 0 Å². The van der Waals surface area contributed by atoms with E-state index in [1.54, 1.807) is 0 Å². The standard InChI is InChI=1S/C11H13BrOS/c1-8-6-14-7-11(8,13)9-2-4-10(12)5-3-9/h2-5,8,13H,6-7H2,1H3/t8-,11+/m0/s1. The van der Waals surface area contributed by atoms with Crippen molar-refractivity contribution in [3.63, 3.8) is 0 Å². The van der Waals surface area contributed by atoms with E-state index >= 15 is 0 Å². The molecule has 1 N–H and O–H groups in total. The molecule has 3 heteroatoms. The molecule has 1 saturated heterocycles. The van der Waals surface area contributed by atoms with E-state index in [1.807, 2.05) is 36.0 Å². The van der Waals surface area contributed by atoms with Crippen molar-refractivity contribution in [2.75, 3.05) is 11.5 Å². The fourth-order valence-corrected chi connectivity index (χ4v) is 3.55. The van der Waals surface area contributed by atoms with Crippen LogP contribution in [0.15, 0.2) is 28.7 Å².